The van der Waals surface area contributed by atoms with Gasteiger partial charge in [-0.3, -0.25) is 14.2 Å². The standard InChI is InChI=1S/C21H22N4O3S/c1-3-12-25-20(28)23-24-21(25)29-18(15-8-5-4-6-9-15)19(27)22-17-11-7-10-16(13-17)14(2)26/h4-11,13,18H,3,12H2,1-2H3,(H,22,27)(H,23,28)/t18-/m0/s1. The molecular formula is C21H22N4O3S. The van der Waals surface area contributed by atoms with Gasteiger partial charge in [-0.2, -0.15) is 0 Å². The number of carbonyl (C=O) groups is 2. The number of amides is 1. The lowest BCUT2D eigenvalue weighted by Crippen LogP contribution is -2.21. The molecule has 29 heavy (non-hydrogen) atoms. The molecule has 0 radical (unpaired) electrons. The van der Waals surface area contributed by atoms with Crippen molar-refractivity contribution in [3.8, 4) is 0 Å². The number of ketones is 1. The molecule has 0 unspecified atom stereocenters. The average Bonchev–Trinajstić information content (AvgIpc) is 3.06. The van der Waals surface area contributed by atoms with Crippen molar-refractivity contribution in [3.05, 3.63) is 76.2 Å². The SMILES string of the molecule is CCCn1c(S[C@H](C(=O)Nc2cccc(C(C)=O)c2)c2ccccc2)n[nH]c1=O. The molecule has 0 bridgehead atoms. The molecule has 7 nitrogen and oxygen atoms in total. The number of thioether (sulfide) groups is 1. The first-order chi connectivity index (χ1) is 14.0. The average molecular weight is 410 g/mol. The third-order valence-electron chi connectivity index (χ3n) is 4.27. The number of hydrogen-bond acceptors (Lipinski definition) is 5. The van der Waals surface area contributed by atoms with Crippen molar-refractivity contribution in [1.82, 2.24) is 14.8 Å². The lowest BCUT2D eigenvalue weighted by atomic mass is 10.1. The van der Waals surface area contributed by atoms with Gasteiger partial charge in [0.2, 0.25) is 5.91 Å². The van der Waals surface area contributed by atoms with Gasteiger partial charge in [-0.25, -0.2) is 9.89 Å². The second-order valence-electron chi connectivity index (χ2n) is 6.50. The molecule has 1 heterocycles. The molecule has 1 aromatic heterocycles. The first-order valence-corrected chi connectivity index (χ1v) is 10.2. The Morgan fingerprint density at radius 3 is 2.62 bits per heavy atom. The van der Waals surface area contributed by atoms with Crippen LogP contribution in [0.4, 0.5) is 5.69 Å². The van der Waals surface area contributed by atoms with Gasteiger partial charge in [0.05, 0.1) is 0 Å². The molecule has 2 aromatic carbocycles. The van der Waals surface area contributed by atoms with Crippen molar-refractivity contribution < 1.29 is 9.59 Å². The molecule has 0 aliphatic carbocycles. The number of anilines is 1. The van der Waals surface area contributed by atoms with Crippen molar-refractivity contribution in [3.63, 3.8) is 0 Å². The fourth-order valence-electron chi connectivity index (χ4n) is 2.84. The molecular weight excluding hydrogens is 388 g/mol. The summed E-state index contributed by atoms with van der Waals surface area (Å²) >= 11 is 1.21. The Kier molecular flexibility index (Phi) is 6.66. The molecule has 1 amide bonds. The van der Waals surface area contributed by atoms with E-state index in [1.54, 1.807) is 24.3 Å². The van der Waals surface area contributed by atoms with Crippen LogP contribution in [-0.2, 0) is 11.3 Å². The molecule has 150 valence electrons. The molecule has 3 aromatic rings. The van der Waals surface area contributed by atoms with Crippen LogP contribution in [0, 0.1) is 0 Å². The maximum Gasteiger partial charge on any atom is 0.343 e. The van der Waals surface area contributed by atoms with Gasteiger partial charge >= 0.3 is 5.69 Å². The minimum Gasteiger partial charge on any atom is -0.325 e. The predicted octanol–water partition coefficient (Wildman–Crippen LogP) is 3.66. The van der Waals surface area contributed by atoms with Crippen LogP contribution in [0.15, 0.2) is 64.5 Å². The van der Waals surface area contributed by atoms with E-state index in [0.717, 1.165) is 12.0 Å². The summed E-state index contributed by atoms with van der Waals surface area (Å²) in [6.45, 7) is 3.97. The highest BCUT2D eigenvalue weighted by Crippen LogP contribution is 2.35. The Bertz CT molecular complexity index is 1060. The number of rotatable bonds is 8. The number of nitrogens with zero attached hydrogens (tertiary/aromatic N) is 2. The van der Waals surface area contributed by atoms with Crippen LogP contribution < -0.4 is 11.0 Å². The van der Waals surface area contributed by atoms with Gasteiger partial charge in [-0.1, -0.05) is 61.2 Å². The molecule has 8 heteroatoms. The smallest absolute Gasteiger partial charge is 0.325 e. The Balaban J connectivity index is 1.90. The number of hydrogen-bond donors (Lipinski definition) is 2. The second-order valence-corrected chi connectivity index (χ2v) is 7.57. The number of benzene rings is 2. The van der Waals surface area contributed by atoms with Crippen LogP contribution in [0.2, 0.25) is 0 Å². The first-order valence-electron chi connectivity index (χ1n) is 9.28. The van der Waals surface area contributed by atoms with E-state index in [1.165, 1.54) is 23.3 Å². The quantitative estimate of drug-likeness (QED) is 0.436. The van der Waals surface area contributed by atoms with E-state index in [1.807, 2.05) is 37.3 Å². The Morgan fingerprint density at radius 2 is 1.93 bits per heavy atom. The summed E-state index contributed by atoms with van der Waals surface area (Å²) < 4.78 is 1.53. The number of nitrogens with one attached hydrogen (secondary N) is 2. The molecule has 0 fully saturated rings. The van der Waals surface area contributed by atoms with E-state index in [4.69, 9.17) is 0 Å². The number of H-pyrrole nitrogens is 1. The lowest BCUT2D eigenvalue weighted by Gasteiger charge is -2.17. The largest absolute Gasteiger partial charge is 0.343 e. The first kappa shape index (κ1) is 20.6. The monoisotopic (exact) mass is 410 g/mol. The van der Waals surface area contributed by atoms with Crippen molar-refractivity contribution >= 4 is 29.1 Å². The van der Waals surface area contributed by atoms with E-state index in [-0.39, 0.29) is 17.4 Å². The highest BCUT2D eigenvalue weighted by atomic mass is 32.2. The number of carbonyl (C=O) groups excluding carboxylic acids is 2. The molecule has 1 atom stereocenters. The number of Topliss-reactive ketones (excluding diaryl/α,β-unsaturated/α-hetero) is 1. The maximum absolute atomic E-state index is 13.1. The Morgan fingerprint density at radius 1 is 1.17 bits per heavy atom. The van der Waals surface area contributed by atoms with Crippen LogP contribution in [0.5, 0.6) is 0 Å². The van der Waals surface area contributed by atoms with Crippen LogP contribution in [0.25, 0.3) is 0 Å². The fraction of sp³-hybridized carbons (Fsp3) is 0.238. The zero-order valence-electron chi connectivity index (χ0n) is 16.2. The van der Waals surface area contributed by atoms with Gasteiger partial charge in [0.1, 0.15) is 5.25 Å². The molecule has 2 N–H and O–H groups in total. The third kappa shape index (κ3) is 5.03. The fourth-order valence-corrected chi connectivity index (χ4v) is 3.91. The topological polar surface area (TPSA) is 96.8 Å². The summed E-state index contributed by atoms with van der Waals surface area (Å²) in [7, 11) is 0. The van der Waals surface area contributed by atoms with Crippen LogP contribution >= 0.6 is 11.8 Å². The zero-order valence-corrected chi connectivity index (χ0v) is 17.0. The minimum atomic E-state index is -0.622. The maximum atomic E-state index is 13.1. The summed E-state index contributed by atoms with van der Waals surface area (Å²) in [5, 5.41) is 9.26. The van der Waals surface area contributed by atoms with Crippen molar-refractivity contribution in [2.45, 2.75) is 37.2 Å². The summed E-state index contributed by atoms with van der Waals surface area (Å²) in [6.07, 6.45) is 0.771. The van der Waals surface area contributed by atoms with Gasteiger partial charge in [0.25, 0.3) is 0 Å². The minimum absolute atomic E-state index is 0.0739. The summed E-state index contributed by atoms with van der Waals surface area (Å²) in [5.41, 5.74) is 1.56. The molecule has 0 saturated heterocycles. The highest BCUT2D eigenvalue weighted by Gasteiger charge is 2.25. The lowest BCUT2D eigenvalue weighted by molar-refractivity contribution is -0.115. The zero-order chi connectivity index (χ0) is 20.8. The summed E-state index contributed by atoms with van der Waals surface area (Å²) in [4.78, 5) is 36.8. The molecule has 3 rings (SSSR count). The van der Waals surface area contributed by atoms with Crippen LogP contribution in [0.1, 0.15) is 41.4 Å². The van der Waals surface area contributed by atoms with Gasteiger partial charge in [0, 0.05) is 17.8 Å². The van der Waals surface area contributed by atoms with E-state index >= 15 is 0 Å². The van der Waals surface area contributed by atoms with E-state index in [9.17, 15) is 14.4 Å². The van der Waals surface area contributed by atoms with E-state index < -0.39 is 5.25 Å². The third-order valence-corrected chi connectivity index (χ3v) is 5.52. The van der Waals surface area contributed by atoms with E-state index in [2.05, 4.69) is 15.5 Å². The number of aromatic nitrogens is 3. The highest BCUT2D eigenvalue weighted by molar-refractivity contribution is 8.00. The van der Waals surface area contributed by atoms with Gasteiger partial charge in [0.15, 0.2) is 10.9 Å². The molecule has 0 aliphatic rings. The van der Waals surface area contributed by atoms with E-state index in [0.29, 0.717) is 23.0 Å². The predicted molar refractivity (Wildman–Crippen MR) is 113 cm³/mol. The number of aromatic amines is 1. The Labute approximate surface area is 172 Å². The van der Waals surface area contributed by atoms with Crippen molar-refractivity contribution in [1.29, 1.82) is 0 Å². The second kappa shape index (κ2) is 9.38. The van der Waals surface area contributed by atoms with Crippen LogP contribution in [-0.4, -0.2) is 26.5 Å². The van der Waals surface area contributed by atoms with Crippen LogP contribution in [0.3, 0.4) is 0 Å². The Hall–Kier alpha value is -3.13. The molecule has 0 spiro atoms. The summed E-state index contributed by atoms with van der Waals surface area (Å²) in [5.74, 6) is -0.337. The van der Waals surface area contributed by atoms with Gasteiger partial charge in [-0.05, 0) is 31.0 Å². The van der Waals surface area contributed by atoms with Gasteiger partial charge in [-0.15, -0.1) is 5.10 Å². The summed E-state index contributed by atoms with van der Waals surface area (Å²) in [6, 6.07) is 16.1. The van der Waals surface area contributed by atoms with Crippen molar-refractivity contribution in [2.75, 3.05) is 5.32 Å². The van der Waals surface area contributed by atoms with Crippen molar-refractivity contribution in [2.24, 2.45) is 0 Å². The van der Waals surface area contributed by atoms with Gasteiger partial charge < -0.3 is 5.32 Å². The molecule has 0 aliphatic heterocycles. The normalized spacial score (nSPS) is 11.8. The molecule has 0 saturated carbocycles.